The van der Waals surface area contributed by atoms with E-state index in [1.54, 1.807) is 17.1 Å². The molecular weight excluding hydrogens is 360 g/mol. The molecule has 1 N–H and O–H groups in total. The molecule has 27 heavy (non-hydrogen) atoms. The molecule has 140 valence electrons. The quantitative estimate of drug-likeness (QED) is 0.734. The summed E-state index contributed by atoms with van der Waals surface area (Å²) in [5.74, 6) is 0.767. The number of amides is 1. The summed E-state index contributed by atoms with van der Waals surface area (Å²) in [6.45, 7) is 4.66. The maximum Gasteiger partial charge on any atom is 0.273 e. The third-order valence-corrected chi connectivity index (χ3v) is 5.68. The van der Waals surface area contributed by atoms with Gasteiger partial charge in [0.05, 0.1) is 6.20 Å². The van der Waals surface area contributed by atoms with Gasteiger partial charge in [0.25, 0.3) is 5.91 Å². The van der Waals surface area contributed by atoms with Gasteiger partial charge < -0.3 is 10.2 Å². The van der Waals surface area contributed by atoms with Crippen LogP contribution in [0.5, 0.6) is 0 Å². The Morgan fingerprint density at radius 1 is 1.37 bits per heavy atom. The monoisotopic (exact) mass is 382 g/mol. The highest BCUT2D eigenvalue weighted by molar-refractivity contribution is 7.13. The van der Waals surface area contributed by atoms with Crippen LogP contribution in [-0.4, -0.2) is 56.2 Å². The van der Waals surface area contributed by atoms with Crippen LogP contribution < -0.4 is 5.32 Å². The SMILES string of the molecule is CCN(C(=O)c1csc(-c2cnn(-c3ccccn3)c2)n1)C1CCNCC1. The van der Waals surface area contributed by atoms with Crippen molar-refractivity contribution in [2.75, 3.05) is 19.6 Å². The number of aromatic nitrogens is 4. The van der Waals surface area contributed by atoms with Gasteiger partial charge >= 0.3 is 0 Å². The predicted octanol–water partition coefficient (Wildman–Crippen LogP) is 2.60. The molecule has 1 saturated heterocycles. The summed E-state index contributed by atoms with van der Waals surface area (Å²) in [5.41, 5.74) is 1.40. The van der Waals surface area contributed by atoms with Crippen LogP contribution in [-0.2, 0) is 0 Å². The Morgan fingerprint density at radius 3 is 2.96 bits per heavy atom. The standard InChI is InChI=1S/C19H22N6OS/c1-2-24(15-6-9-20-10-7-15)19(26)16-13-27-18(23-16)14-11-22-25(12-14)17-5-3-4-8-21-17/h3-5,8,11-13,15,20H,2,6-7,9-10H2,1H3. The van der Waals surface area contributed by atoms with Crippen molar-refractivity contribution in [1.82, 2.24) is 30.0 Å². The van der Waals surface area contributed by atoms with Crippen molar-refractivity contribution < 1.29 is 4.79 Å². The molecular formula is C19H22N6OS. The van der Waals surface area contributed by atoms with Gasteiger partial charge in [-0.2, -0.15) is 5.10 Å². The Bertz CT molecular complexity index is 900. The Morgan fingerprint density at radius 2 is 2.22 bits per heavy atom. The van der Waals surface area contributed by atoms with E-state index in [4.69, 9.17) is 0 Å². The van der Waals surface area contributed by atoms with Gasteiger partial charge in [-0.05, 0) is 45.0 Å². The van der Waals surface area contributed by atoms with Crippen molar-refractivity contribution >= 4 is 17.2 Å². The normalized spacial score (nSPS) is 15.0. The van der Waals surface area contributed by atoms with Crippen LogP contribution in [0.2, 0.25) is 0 Å². The van der Waals surface area contributed by atoms with Crippen molar-refractivity contribution in [2.24, 2.45) is 0 Å². The number of nitrogens with zero attached hydrogens (tertiary/aromatic N) is 5. The molecule has 8 heteroatoms. The van der Waals surface area contributed by atoms with E-state index in [1.165, 1.54) is 11.3 Å². The molecule has 1 aliphatic rings. The summed E-state index contributed by atoms with van der Waals surface area (Å²) < 4.78 is 1.71. The minimum atomic E-state index is 0.0176. The number of thiazole rings is 1. The van der Waals surface area contributed by atoms with Crippen molar-refractivity contribution in [3.63, 3.8) is 0 Å². The average Bonchev–Trinajstić information content (AvgIpc) is 3.40. The molecule has 0 aliphatic carbocycles. The Hall–Kier alpha value is -2.58. The highest BCUT2D eigenvalue weighted by Crippen LogP contribution is 2.25. The molecule has 0 spiro atoms. The van der Waals surface area contributed by atoms with E-state index in [9.17, 15) is 4.79 Å². The van der Waals surface area contributed by atoms with E-state index in [-0.39, 0.29) is 5.91 Å². The highest BCUT2D eigenvalue weighted by atomic mass is 32.1. The molecule has 0 unspecified atom stereocenters. The first-order chi connectivity index (χ1) is 13.3. The van der Waals surface area contributed by atoms with Gasteiger partial charge in [0.15, 0.2) is 5.82 Å². The Kier molecular flexibility index (Phi) is 5.26. The smallest absolute Gasteiger partial charge is 0.273 e. The molecule has 1 amide bonds. The number of hydrogen-bond acceptors (Lipinski definition) is 6. The van der Waals surface area contributed by atoms with E-state index in [0.29, 0.717) is 18.3 Å². The molecule has 1 fully saturated rings. The zero-order valence-corrected chi connectivity index (χ0v) is 16.0. The Labute approximate surface area is 162 Å². The van der Waals surface area contributed by atoms with E-state index < -0.39 is 0 Å². The second-order valence-corrected chi connectivity index (χ2v) is 7.33. The van der Waals surface area contributed by atoms with Crippen molar-refractivity contribution in [3.05, 3.63) is 47.9 Å². The Balaban J connectivity index is 1.53. The number of carbonyl (C=O) groups excluding carboxylic acids is 1. The van der Waals surface area contributed by atoms with Crippen LogP contribution in [0, 0.1) is 0 Å². The molecule has 0 radical (unpaired) electrons. The minimum Gasteiger partial charge on any atom is -0.334 e. The largest absolute Gasteiger partial charge is 0.334 e. The first kappa shape index (κ1) is 17.8. The van der Waals surface area contributed by atoms with Crippen LogP contribution in [0.15, 0.2) is 42.2 Å². The second-order valence-electron chi connectivity index (χ2n) is 6.47. The van der Waals surface area contributed by atoms with Crippen molar-refractivity contribution in [3.8, 4) is 16.4 Å². The fraction of sp³-hybridized carbons (Fsp3) is 0.368. The van der Waals surface area contributed by atoms with Gasteiger partial charge in [-0.3, -0.25) is 4.79 Å². The number of rotatable bonds is 5. The topological polar surface area (TPSA) is 75.9 Å². The van der Waals surface area contributed by atoms with Crippen LogP contribution in [0.1, 0.15) is 30.3 Å². The predicted molar refractivity (Wildman–Crippen MR) is 105 cm³/mol. The van der Waals surface area contributed by atoms with Gasteiger partial charge in [-0.1, -0.05) is 6.07 Å². The summed E-state index contributed by atoms with van der Waals surface area (Å²) in [5, 5.41) is 10.3. The maximum absolute atomic E-state index is 13.0. The summed E-state index contributed by atoms with van der Waals surface area (Å²) in [6.07, 6.45) is 7.36. The van der Waals surface area contributed by atoms with Crippen LogP contribution in [0.3, 0.4) is 0 Å². The zero-order valence-electron chi connectivity index (χ0n) is 15.2. The van der Waals surface area contributed by atoms with Gasteiger partial charge in [-0.15, -0.1) is 11.3 Å². The fourth-order valence-electron chi connectivity index (χ4n) is 3.39. The summed E-state index contributed by atoms with van der Waals surface area (Å²) in [4.78, 5) is 23.8. The molecule has 7 nitrogen and oxygen atoms in total. The highest BCUT2D eigenvalue weighted by Gasteiger charge is 2.26. The maximum atomic E-state index is 13.0. The lowest BCUT2D eigenvalue weighted by atomic mass is 10.0. The van der Waals surface area contributed by atoms with Crippen molar-refractivity contribution in [1.29, 1.82) is 0 Å². The van der Waals surface area contributed by atoms with E-state index in [1.807, 2.05) is 41.6 Å². The van der Waals surface area contributed by atoms with Crippen LogP contribution in [0.25, 0.3) is 16.4 Å². The lowest BCUT2D eigenvalue weighted by Gasteiger charge is -2.33. The van der Waals surface area contributed by atoms with Gasteiger partial charge in [0, 0.05) is 35.9 Å². The number of carbonyl (C=O) groups is 1. The lowest BCUT2D eigenvalue weighted by Crippen LogP contribution is -2.46. The molecule has 3 aromatic rings. The number of piperidine rings is 1. The second kappa shape index (κ2) is 7.98. The van der Waals surface area contributed by atoms with E-state index >= 15 is 0 Å². The van der Waals surface area contributed by atoms with Crippen molar-refractivity contribution in [2.45, 2.75) is 25.8 Å². The number of nitrogens with one attached hydrogen (secondary N) is 1. The van der Waals surface area contributed by atoms with Gasteiger partial charge in [0.2, 0.25) is 0 Å². The molecule has 1 aliphatic heterocycles. The lowest BCUT2D eigenvalue weighted by molar-refractivity contribution is 0.0651. The molecule has 0 bridgehead atoms. The summed E-state index contributed by atoms with van der Waals surface area (Å²) in [6, 6.07) is 5.98. The fourth-order valence-corrected chi connectivity index (χ4v) is 4.15. The molecule has 0 aromatic carbocycles. The van der Waals surface area contributed by atoms with Gasteiger partial charge in [-0.25, -0.2) is 14.6 Å². The average molecular weight is 382 g/mol. The minimum absolute atomic E-state index is 0.0176. The first-order valence-electron chi connectivity index (χ1n) is 9.20. The summed E-state index contributed by atoms with van der Waals surface area (Å²) in [7, 11) is 0. The third kappa shape index (κ3) is 3.77. The van der Waals surface area contributed by atoms with Crippen LogP contribution >= 0.6 is 11.3 Å². The third-order valence-electron chi connectivity index (χ3n) is 4.79. The molecule has 0 saturated carbocycles. The molecule has 3 aromatic heterocycles. The molecule has 0 atom stereocenters. The van der Waals surface area contributed by atoms with E-state index in [2.05, 4.69) is 20.4 Å². The van der Waals surface area contributed by atoms with E-state index in [0.717, 1.165) is 42.3 Å². The van der Waals surface area contributed by atoms with Crippen LogP contribution in [0.4, 0.5) is 0 Å². The molecule has 4 heterocycles. The number of pyridine rings is 1. The summed E-state index contributed by atoms with van der Waals surface area (Å²) >= 11 is 1.47. The zero-order chi connectivity index (χ0) is 18.6. The first-order valence-corrected chi connectivity index (χ1v) is 10.1. The molecule has 4 rings (SSSR count). The van der Waals surface area contributed by atoms with Gasteiger partial charge in [0.1, 0.15) is 10.7 Å². The number of hydrogen-bond donors (Lipinski definition) is 1.